The number of hydrogen-bond donors (Lipinski definition) is 2. The van der Waals surface area contributed by atoms with Gasteiger partial charge in [-0.1, -0.05) is 24.3 Å². The molecule has 2 aromatic heterocycles. The van der Waals surface area contributed by atoms with Crippen molar-refractivity contribution in [2.45, 2.75) is 32.9 Å². The van der Waals surface area contributed by atoms with Crippen molar-refractivity contribution in [1.29, 1.82) is 0 Å². The van der Waals surface area contributed by atoms with Crippen LogP contribution in [0.25, 0.3) is 5.69 Å². The first-order valence-corrected chi connectivity index (χ1v) is 10.3. The third kappa shape index (κ3) is 3.43. The van der Waals surface area contributed by atoms with E-state index in [4.69, 9.17) is 12.2 Å². The Balaban J connectivity index is 1.85. The Morgan fingerprint density at radius 3 is 2.55 bits per heavy atom. The number of nitrogens with zero attached hydrogens (tertiary/aromatic N) is 3. The number of β-amino-alcohol motifs (C(OH)–C–C–N with tert-alkyl or cyclic N) is 1. The van der Waals surface area contributed by atoms with Crippen molar-refractivity contribution in [2.75, 3.05) is 13.2 Å². The Bertz CT molecular complexity index is 1030. The van der Waals surface area contributed by atoms with Gasteiger partial charge in [0.2, 0.25) is 0 Å². The summed E-state index contributed by atoms with van der Waals surface area (Å²) in [5.41, 5.74) is 6.91. The Labute approximate surface area is 177 Å². The summed E-state index contributed by atoms with van der Waals surface area (Å²) in [5, 5.41) is 13.7. The van der Waals surface area contributed by atoms with Crippen LogP contribution in [-0.2, 0) is 0 Å². The molecule has 1 aliphatic heterocycles. The van der Waals surface area contributed by atoms with E-state index in [2.05, 4.69) is 70.9 Å². The lowest BCUT2D eigenvalue weighted by molar-refractivity contribution is 0.223. The summed E-state index contributed by atoms with van der Waals surface area (Å²) < 4.78 is 2.30. The number of pyridine rings is 1. The molecule has 1 fully saturated rings. The zero-order valence-corrected chi connectivity index (χ0v) is 17.8. The molecular weight excluding hydrogens is 380 g/mol. The second-order valence-corrected chi connectivity index (χ2v) is 7.88. The van der Waals surface area contributed by atoms with Crippen molar-refractivity contribution in [3.8, 4) is 5.69 Å². The van der Waals surface area contributed by atoms with Gasteiger partial charge in [0.1, 0.15) is 0 Å². The molecule has 0 radical (unpaired) electrons. The molecule has 0 amide bonds. The van der Waals surface area contributed by atoms with E-state index in [9.17, 15) is 5.11 Å². The number of hydrogen-bond acceptors (Lipinski definition) is 3. The minimum Gasteiger partial charge on any atom is -0.395 e. The molecule has 1 aromatic carbocycles. The van der Waals surface area contributed by atoms with E-state index in [0.29, 0.717) is 11.7 Å². The molecule has 3 heterocycles. The van der Waals surface area contributed by atoms with Gasteiger partial charge in [0.25, 0.3) is 0 Å². The number of aromatic nitrogens is 2. The summed E-state index contributed by atoms with van der Waals surface area (Å²) in [6.45, 7) is 6.95. The van der Waals surface area contributed by atoms with Gasteiger partial charge in [-0.05, 0) is 68.4 Å². The highest BCUT2D eigenvalue weighted by atomic mass is 32.1. The Morgan fingerprint density at radius 2 is 1.86 bits per heavy atom. The molecule has 0 unspecified atom stereocenters. The summed E-state index contributed by atoms with van der Waals surface area (Å²) >= 11 is 5.63. The van der Waals surface area contributed by atoms with Crippen LogP contribution in [0.4, 0.5) is 0 Å². The zero-order chi connectivity index (χ0) is 20.5. The van der Waals surface area contributed by atoms with Crippen LogP contribution in [0.5, 0.6) is 0 Å². The van der Waals surface area contributed by atoms with Crippen molar-refractivity contribution in [3.05, 3.63) is 82.9 Å². The van der Waals surface area contributed by atoms with Crippen molar-refractivity contribution >= 4 is 17.3 Å². The maximum atomic E-state index is 9.66. The highest BCUT2D eigenvalue weighted by molar-refractivity contribution is 7.80. The lowest BCUT2D eigenvalue weighted by Gasteiger charge is -2.27. The lowest BCUT2D eigenvalue weighted by atomic mass is 9.97. The van der Waals surface area contributed by atoms with Crippen molar-refractivity contribution < 1.29 is 5.11 Å². The molecule has 2 atom stereocenters. The van der Waals surface area contributed by atoms with E-state index in [1.165, 1.54) is 28.2 Å². The van der Waals surface area contributed by atoms with E-state index in [0.717, 1.165) is 5.69 Å². The van der Waals surface area contributed by atoms with Crippen LogP contribution in [0.15, 0.2) is 54.7 Å². The molecule has 5 nitrogen and oxygen atoms in total. The second kappa shape index (κ2) is 7.97. The molecule has 1 aliphatic rings. The standard InChI is InChI=1S/C23H26N4OS/c1-15-8-4-5-10-20(15)27-16(2)14-18(17(27)3)22-21(19-9-6-7-11-24-19)25-23(29)26(22)12-13-28/h4-11,14,21-22,28H,12-13H2,1-3H3,(H,25,29)/t21-,22-/m1/s1. The number of aliphatic hydroxyl groups is 1. The lowest BCUT2D eigenvalue weighted by Crippen LogP contribution is -2.32. The van der Waals surface area contributed by atoms with Gasteiger partial charge in [0.15, 0.2) is 5.11 Å². The normalized spacial score (nSPS) is 18.9. The summed E-state index contributed by atoms with van der Waals surface area (Å²) in [7, 11) is 0. The quantitative estimate of drug-likeness (QED) is 0.632. The predicted octanol–water partition coefficient (Wildman–Crippen LogP) is 3.76. The Morgan fingerprint density at radius 1 is 1.10 bits per heavy atom. The average Bonchev–Trinajstić information content (AvgIpc) is 3.19. The van der Waals surface area contributed by atoms with Gasteiger partial charge in [-0.15, -0.1) is 0 Å². The molecular formula is C23H26N4OS. The summed E-state index contributed by atoms with van der Waals surface area (Å²) in [4.78, 5) is 6.66. The molecule has 0 bridgehead atoms. The van der Waals surface area contributed by atoms with Crippen LogP contribution in [0.1, 0.15) is 40.3 Å². The summed E-state index contributed by atoms with van der Waals surface area (Å²) in [6.07, 6.45) is 1.81. The van der Waals surface area contributed by atoms with E-state index in [-0.39, 0.29) is 18.7 Å². The molecule has 2 N–H and O–H groups in total. The van der Waals surface area contributed by atoms with E-state index >= 15 is 0 Å². The molecule has 150 valence electrons. The second-order valence-electron chi connectivity index (χ2n) is 7.49. The van der Waals surface area contributed by atoms with Crippen LogP contribution in [0, 0.1) is 20.8 Å². The van der Waals surface area contributed by atoms with Crippen LogP contribution < -0.4 is 5.32 Å². The minimum atomic E-state index is -0.0685. The molecule has 0 aliphatic carbocycles. The first kappa shape index (κ1) is 19.6. The van der Waals surface area contributed by atoms with Gasteiger partial charge in [0.05, 0.1) is 24.4 Å². The van der Waals surface area contributed by atoms with E-state index in [1.807, 2.05) is 24.4 Å². The van der Waals surface area contributed by atoms with Crippen LogP contribution in [0.3, 0.4) is 0 Å². The molecule has 29 heavy (non-hydrogen) atoms. The number of para-hydroxylation sites is 1. The fourth-order valence-corrected chi connectivity index (χ4v) is 4.70. The van der Waals surface area contributed by atoms with Crippen LogP contribution in [0.2, 0.25) is 0 Å². The molecule has 0 spiro atoms. The first-order chi connectivity index (χ1) is 14.0. The summed E-state index contributed by atoms with van der Waals surface area (Å²) in [5.74, 6) is 0. The summed E-state index contributed by atoms with van der Waals surface area (Å²) in [6, 6.07) is 16.5. The molecule has 1 saturated heterocycles. The largest absolute Gasteiger partial charge is 0.395 e. The molecule has 4 rings (SSSR count). The van der Waals surface area contributed by atoms with Gasteiger partial charge in [0, 0.05) is 29.8 Å². The zero-order valence-electron chi connectivity index (χ0n) is 17.0. The van der Waals surface area contributed by atoms with Crippen molar-refractivity contribution in [1.82, 2.24) is 19.8 Å². The number of thiocarbonyl (C=S) groups is 1. The van der Waals surface area contributed by atoms with Crippen LogP contribution in [-0.4, -0.2) is 37.8 Å². The maximum Gasteiger partial charge on any atom is 0.170 e. The highest BCUT2D eigenvalue weighted by Gasteiger charge is 2.41. The number of benzene rings is 1. The topological polar surface area (TPSA) is 53.3 Å². The highest BCUT2D eigenvalue weighted by Crippen LogP contribution is 2.41. The van der Waals surface area contributed by atoms with Gasteiger partial charge in [-0.2, -0.15) is 0 Å². The van der Waals surface area contributed by atoms with E-state index < -0.39 is 0 Å². The van der Waals surface area contributed by atoms with Gasteiger partial charge < -0.3 is 19.9 Å². The molecule has 0 saturated carbocycles. The SMILES string of the molecule is Cc1ccccc1-n1c(C)cc([C@@H]2[C@@H](c3ccccn3)NC(=S)N2CCO)c1C. The molecule has 6 heteroatoms. The third-order valence-corrected chi connectivity index (χ3v) is 6.04. The van der Waals surface area contributed by atoms with Gasteiger partial charge in [-0.25, -0.2) is 0 Å². The fraction of sp³-hybridized carbons (Fsp3) is 0.304. The molecule has 3 aromatic rings. The number of rotatable bonds is 5. The Hall–Kier alpha value is -2.70. The van der Waals surface area contributed by atoms with Gasteiger partial charge >= 0.3 is 0 Å². The minimum absolute atomic E-state index is 0.0338. The van der Waals surface area contributed by atoms with Crippen molar-refractivity contribution in [3.63, 3.8) is 0 Å². The smallest absolute Gasteiger partial charge is 0.170 e. The Kier molecular flexibility index (Phi) is 5.39. The van der Waals surface area contributed by atoms with E-state index in [1.54, 1.807) is 0 Å². The number of aliphatic hydroxyl groups excluding tert-OH is 1. The van der Waals surface area contributed by atoms with Crippen LogP contribution >= 0.6 is 12.2 Å². The van der Waals surface area contributed by atoms with Gasteiger partial charge in [-0.3, -0.25) is 4.98 Å². The van der Waals surface area contributed by atoms with Crippen molar-refractivity contribution in [2.24, 2.45) is 0 Å². The number of nitrogens with one attached hydrogen (secondary N) is 1. The first-order valence-electron chi connectivity index (χ1n) is 9.86. The fourth-order valence-electron chi connectivity index (χ4n) is 4.36. The monoisotopic (exact) mass is 406 g/mol. The predicted molar refractivity (Wildman–Crippen MR) is 119 cm³/mol. The third-order valence-electron chi connectivity index (χ3n) is 5.68. The number of aryl methyl sites for hydroxylation is 2. The maximum absolute atomic E-state index is 9.66. The average molecular weight is 407 g/mol.